The monoisotopic (exact) mass is 322 g/mol. The Morgan fingerprint density at radius 3 is 1.65 bits per heavy atom. The van der Waals surface area contributed by atoms with Gasteiger partial charge in [0.1, 0.15) is 0 Å². The standard InChI is InChI=1S/C14H20Cl2O4/c15-7-3-9-19-13(17)11-5-1-2-6-12(11)14(18)20-10-4-8-16/h1-2,11-12H,3-10H2. The zero-order chi connectivity index (χ0) is 14.8. The normalized spacial score (nSPS) is 21.5. The summed E-state index contributed by atoms with van der Waals surface area (Å²) in [4.78, 5) is 24.0. The van der Waals surface area contributed by atoms with Crippen molar-refractivity contribution in [2.75, 3.05) is 25.0 Å². The molecule has 20 heavy (non-hydrogen) atoms. The summed E-state index contributed by atoms with van der Waals surface area (Å²) < 4.78 is 10.3. The molecule has 0 saturated heterocycles. The number of hydrogen-bond donors (Lipinski definition) is 0. The fourth-order valence-electron chi connectivity index (χ4n) is 2.00. The molecule has 1 rings (SSSR count). The lowest BCUT2D eigenvalue weighted by Gasteiger charge is -2.25. The van der Waals surface area contributed by atoms with E-state index in [0.717, 1.165) is 0 Å². The highest BCUT2D eigenvalue weighted by Crippen LogP contribution is 2.28. The molecule has 0 aliphatic heterocycles. The molecule has 1 aliphatic rings. The van der Waals surface area contributed by atoms with Gasteiger partial charge in [-0.05, 0) is 25.7 Å². The second-order valence-corrected chi connectivity index (χ2v) is 5.33. The number of ether oxygens (including phenoxy) is 2. The quantitative estimate of drug-likeness (QED) is 0.298. The van der Waals surface area contributed by atoms with Gasteiger partial charge in [-0.3, -0.25) is 9.59 Å². The second kappa shape index (κ2) is 10.1. The number of carbonyl (C=O) groups excluding carboxylic acids is 2. The van der Waals surface area contributed by atoms with Crippen molar-refractivity contribution in [2.24, 2.45) is 11.8 Å². The molecule has 0 aromatic heterocycles. The van der Waals surface area contributed by atoms with Crippen LogP contribution in [-0.4, -0.2) is 36.9 Å². The first-order valence-corrected chi connectivity index (χ1v) is 7.87. The second-order valence-electron chi connectivity index (χ2n) is 4.58. The van der Waals surface area contributed by atoms with Crippen molar-refractivity contribution in [3.05, 3.63) is 12.2 Å². The fourth-order valence-corrected chi connectivity index (χ4v) is 2.22. The Balaban J connectivity index is 2.51. The van der Waals surface area contributed by atoms with Crippen molar-refractivity contribution in [3.8, 4) is 0 Å². The van der Waals surface area contributed by atoms with Crippen LogP contribution in [0, 0.1) is 11.8 Å². The molecule has 0 radical (unpaired) electrons. The Labute approximate surface area is 129 Å². The molecule has 0 aromatic rings. The summed E-state index contributed by atoms with van der Waals surface area (Å²) in [6, 6.07) is 0. The van der Waals surface area contributed by atoms with E-state index in [1.807, 2.05) is 12.2 Å². The van der Waals surface area contributed by atoms with Crippen LogP contribution in [0.25, 0.3) is 0 Å². The Bertz CT molecular complexity index is 312. The number of rotatable bonds is 8. The van der Waals surface area contributed by atoms with Crippen LogP contribution < -0.4 is 0 Å². The van der Waals surface area contributed by atoms with Crippen LogP contribution in [0.3, 0.4) is 0 Å². The van der Waals surface area contributed by atoms with Crippen LogP contribution in [0.4, 0.5) is 0 Å². The fraction of sp³-hybridized carbons (Fsp3) is 0.714. The maximum absolute atomic E-state index is 12.0. The average molecular weight is 323 g/mol. The van der Waals surface area contributed by atoms with Gasteiger partial charge in [-0.15, -0.1) is 23.2 Å². The van der Waals surface area contributed by atoms with Gasteiger partial charge in [-0.2, -0.15) is 0 Å². The van der Waals surface area contributed by atoms with Crippen molar-refractivity contribution in [1.82, 2.24) is 0 Å². The van der Waals surface area contributed by atoms with Gasteiger partial charge in [0.25, 0.3) is 0 Å². The van der Waals surface area contributed by atoms with E-state index in [2.05, 4.69) is 0 Å². The molecule has 0 spiro atoms. The van der Waals surface area contributed by atoms with Crippen LogP contribution in [0.1, 0.15) is 25.7 Å². The van der Waals surface area contributed by atoms with Gasteiger partial charge in [-0.25, -0.2) is 0 Å². The summed E-state index contributed by atoms with van der Waals surface area (Å²) in [5.74, 6) is -0.723. The number of halogens is 2. The Hall–Kier alpha value is -0.740. The Kier molecular flexibility index (Phi) is 8.70. The molecular formula is C14H20Cl2O4. The van der Waals surface area contributed by atoms with E-state index in [1.54, 1.807) is 0 Å². The van der Waals surface area contributed by atoms with E-state index in [9.17, 15) is 9.59 Å². The highest BCUT2D eigenvalue weighted by atomic mass is 35.5. The van der Waals surface area contributed by atoms with Crippen molar-refractivity contribution < 1.29 is 19.1 Å². The van der Waals surface area contributed by atoms with Crippen molar-refractivity contribution in [2.45, 2.75) is 25.7 Å². The molecule has 4 nitrogen and oxygen atoms in total. The largest absolute Gasteiger partial charge is 0.465 e. The van der Waals surface area contributed by atoms with E-state index in [0.29, 0.717) is 37.4 Å². The Morgan fingerprint density at radius 2 is 1.30 bits per heavy atom. The van der Waals surface area contributed by atoms with Gasteiger partial charge in [0.2, 0.25) is 0 Å². The highest BCUT2D eigenvalue weighted by Gasteiger charge is 2.36. The zero-order valence-corrected chi connectivity index (χ0v) is 12.9. The van der Waals surface area contributed by atoms with Gasteiger partial charge >= 0.3 is 11.9 Å². The first-order valence-electron chi connectivity index (χ1n) is 6.81. The van der Waals surface area contributed by atoms with Crippen molar-refractivity contribution in [3.63, 3.8) is 0 Å². The molecule has 2 atom stereocenters. The molecule has 0 fully saturated rings. The van der Waals surface area contributed by atoms with Crippen LogP contribution in [0.15, 0.2) is 12.2 Å². The van der Waals surface area contributed by atoms with Crippen LogP contribution >= 0.6 is 23.2 Å². The minimum Gasteiger partial charge on any atom is -0.465 e. The summed E-state index contributed by atoms with van der Waals surface area (Å²) in [6.07, 6.45) is 6.04. The molecule has 0 amide bonds. The lowest BCUT2D eigenvalue weighted by atomic mass is 9.83. The molecule has 0 heterocycles. The SMILES string of the molecule is O=C(OCCCCl)C1CC=CCC1C(=O)OCCCCl. The van der Waals surface area contributed by atoms with Crippen LogP contribution in [0.2, 0.25) is 0 Å². The molecular weight excluding hydrogens is 303 g/mol. The van der Waals surface area contributed by atoms with E-state index < -0.39 is 11.8 Å². The molecule has 0 aromatic carbocycles. The first kappa shape index (κ1) is 17.3. The van der Waals surface area contributed by atoms with E-state index in [-0.39, 0.29) is 25.2 Å². The summed E-state index contributed by atoms with van der Waals surface area (Å²) in [6.45, 7) is 0.577. The number of esters is 2. The molecule has 0 saturated carbocycles. The lowest BCUT2D eigenvalue weighted by molar-refractivity contribution is -0.161. The topological polar surface area (TPSA) is 52.6 Å². The maximum atomic E-state index is 12.0. The smallest absolute Gasteiger partial charge is 0.310 e. The highest BCUT2D eigenvalue weighted by molar-refractivity contribution is 6.18. The third-order valence-electron chi connectivity index (χ3n) is 3.08. The number of allylic oxidation sites excluding steroid dienone is 2. The number of carbonyl (C=O) groups is 2. The van der Waals surface area contributed by atoms with Crippen molar-refractivity contribution >= 4 is 35.1 Å². The van der Waals surface area contributed by atoms with Gasteiger partial charge in [0.15, 0.2) is 0 Å². The van der Waals surface area contributed by atoms with E-state index in [4.69, 9.17) is 32.7 Å². The van der Waals surface area contributed by atoms with Gasteiger partial charge in [0.05, 0.1) is 25.0 Å². The molecule has 0 N–H and O–H groups in total. The minimum atomic E-state index is -0.459. The minimum absolute atomic E-state index is 0.288. The predicted molar refractivity (Wildman–Crippen MR) is 77.9 cm³/mol. The number of alkyl halides is 2. The van der Waals surface area contributed by atoms with Gasteiger partial charge in [-0.1, -0.05) is 12.2 Å². The Morgan fingerprint density at radius 1 is 0.900 bits per heavy atom. The predicted octanol–water partition coefficient (Wildman–Crippen LogP) is 2.91. The molecule has 6 heteroatoms. The molecule has 1 aliphatic carbocycles. The summed E-state index contributed by atoms with van der Waals surface area (Å²) in [5.41, 5.74) is 0. The van der Waals surface area contributed by atoms with Gasteiger partial charge in [0, 0.05) is 11.8 Å². The molecule has 2 unspecified atom stereocenters. The van der Waals surface area contributed by atoms with Gasteiger partial charge < -0.3 is 9.47 Å². The summed E-state index contributed by atoms with van der Waals surface area (Å²) in [7, 11) is 0. The average Bonchev–Trinajstić information content (AvgIpc) is 2.47. The van der Waals surface area contributed by atoms with Crippen LogP contribution in [0.5, 0.6) is 0 Å². The zero-order valence-electron chi connectivity index (χ0n) is 11.4. The summed E-state index contributed by atoms with van der Waals surface area (Å²) in [5, 5.41) is 0. The first-order chi connectivity index (χ1) is 9.70. The third-order valence-corrected chi connectivity index (χ3v) is 3.62. The van der Waals surface area contributed by atoms with Crippen molar-refractivity contribution in [1.29, 1.82) is 0 Å². The lowest BCUT2D eigenvalue weighted by Crippen LogP contribution is -2.34. The van der Waals surface area contributed by atoms with E-state index >= 15 is 0 Å². The van der Waals surface area contributed by atoms with Crippen LogP contribution in [-0.2, 0) is 19.1 Å². The molecule has 0 bridgehead atoms. The molecule has 114 valence electrons. The summed E-state index contributed by atoms with van der Waals surface area (Å²) >= 11 is 11.1. The maximum Gasteiger partial charge on any atom is 0.310 e. The third kappa shape index (κ3) is 5.71. The number of hydrogen-bond acceptors (Lipinski definition) is 4. The van der Waals surface area contributed by atoms with E-state index in [1.165, 1.54) is 0 Å².